The number of hydrogen-bond donors (Lipinski definition) is 5. The predicted molar refractivity (Wildman–Crippen MR) is 420 cm³/mol. The lowest BCUT2D eigenvalue weighted by molar-refractivity contribution is -0.158. The summed E-state index contributed by atoms with van der Waals surface area (Å²) < 4.78 is 51.5. The van der Waals surface area contributed by atoms with Crippen molar-refractivity contribution >= 4 is 77.5 Å². The van der Waals surface area contributed by atoms with Crippen LogP contribution in [0.1, 0.15) is 341 Å². The number of hydrogen-bond acceptors (Lipinski definition) is 24. The molecule has 31 nitrogen and oxygen atoms in total. The zero-order valence-corrected chi connectivity index (χ0v) is 72.9. The van der Waals surface area contributed by atoms with Gasteiger partial charge in [0.05, 0.1) is 6.04 Å². The van der Waals surface area contributed by atoms with Crippen LogP contribution in [0.15, 0.2) is 5.11 Å². The third-order valence-corrected chi connectivity index (χ3v) is 16.9. The average molecular weight is 1590 g/mol. The number of azide groups is 1. The molecule has 0 bridgehead atoms. The third-order valence-electron chi connectivity index (χ3n) is 16.9. The van der Waals surface area contributed by atoms with E-state index >= 15 is 19.2 Å². The number of rotatable bonds is 41. The highest BCUT2D eigenvalue weighted by Crippen LogP contribution is 2.36. The third kappa shape index (κ3) is 47.6. The molecule has 0 radical (unpaired) electrons. The molecule has 1 saturated heterocycles. The maximum absolute atomic E-state index is 15.5. The van der Waals surface area contributed by atoms with Gasteiger partial charge in [-0.1, -0.05) is 5.11 Å². The minimum atomic E-state index is -1.89. The zero-order valence-electron chi connectivity index (χ0n) is 72.9. The minimum absolute atomic E-state index is 0.173. The van der Waals surface area contributed by atoms with E-state index in [1.54, 1.807) is 187 Å². The molecular formula is C81H141N9O22. The Morgan fingerprint density at radius 1 is 0.295 bits per heavy atom. The molecule has 31 heteroatoms. The van der Waals surface area contributed by atoms with Crippen LogP contribution in [-0.2, 0) is 100 Å². The van der Waals surface area contributed by atoms with Crippen LogP contribution in [0.3, 0.4) is 0 Å². The van der Waals surface area contributed by atoms with Crippen LogP contribution in [0.25, 0.3) is 10.4 Å². The van der Waals surface area contributed by atoms with Crippen molar-refractivity contribution in [2.45, 2.75) is 426 Å². The van der Waals surface area contributed by atoms with Gasteiger partial charge in [0.1, 0.15) is 50.4 Å². The standard InChI is InChI=1S/C81H141N9O22/c1-69(2,3)104-59(94)31-43-78(44-32-60(95)105-70(4,5)6,45-33-61(96)106-71(7,8)9)84-56(91)28-40-81(87-68(103)90-52-54(82)55(53-90)88-89-83,41-29-57(92)85-79(46-34-62(97)107-72(10,11)12,47-35-63(98)108-73(13,14)15)48-36-64(99)109-74(16,17)18)42-30-58(93)86-80(49-37-65(100)110-75(19,20)21,50-38-66(101)111-76(22,23)24)51-39-67(102)112-77(25,26)27/h54-55H,28-53,82H2,1-27H3,(H,84,91)(H,85,92)(H,86,93)(H,87,103)/t54-,55?/m1/s1. The number of urea groups is 1. The molecule has 642 valence electrons. The smallest absolute Gasteiger partial charge is 0.317 e. The largest absolute Gasteiger partial charge is 0.460 e. The van der Waals surface area contributed by atoms with E-state index in [-0.39, 0.29) is 129 Å². The summed E-state index contributed by atoms with van der Waals surface area (Å²) >= 11 is 0. The van der Waals surface area contributed by atoms with Gasteiger partial charge in [0.15, 0.2) is 0 Å². The van der Waals surface area contributed by atoms with Crippen molar-refractivity contribution in [2.75, 3.05) is 13.1 Å². The van der Waals surface area contributed by atoms with Crippen molar-refractivity contribution in [2.24, 2.45) is 10.8 Å². The molecule has 5 amide bonds. The van der Waals surface area contributed by atoms with E-state index in [1.165, 1.54) is 4.90 Å². The van der Waals surface area contributed by atoms with Crippen molar-refractivity contribution in [1.29, 1.82) is 0 Å². The number of likely N-dealkylation sites (tertiary alicyclic amines) is 1. The first-order valence-electron chi connectivity index (χ1n) is 39.3. The molecule has 1 rings (SSSR count). The van der Waals surface area contributed by atoms with E-state index in [1.807, 2.05) is 0 Å². The molecular weight excluding hydrogens is 1450 g/mol. The van der Waals surface area contributed by atoms with Crippen molar-refractivity contribution < 1.29 is 105 Å². The molecule has 112 heavy (non-hydrogen) atoms. The molecule has 1 heterocycles. The monoisotopic (exact) mass is 1590 g/mol. The molecule has 1 aliphatic heterocycles. The molecule has 1 unspecified atom stereocenters. The summed E-state index contributed by atoms with van der Waals surface area (Å²) in [6.07, 6.45) is -7.78. The van der Waals surface area contributed by atoms with E-state index in [9.17, 15) is 48.7 Å². The van der Waals surface area contributed by atoms with Crippen molar-refractivity contribution in [3.63, 3.8) is 0 Å². The van der Waals surface area contributed by atoms with Gasteiger partial charge in [0.2, 0.25) is 17.7 Å². The second-order valence-corrected chi connectivity index (χ2v) is 38.8. The van der Waals surface area contributed by atoms with Crippen LogP contribution in [0.5, 0.6) is 0 Å². The molecule has 2 atom stereocenters. The Kier molecular flexibility index (Phi) is 38.8. The number of nitrogens with two attached hydrogens (primary N) is 1. The molecule has 0 saturated carbocycles. The van der Waals surface area contributed by atoms with Gasteiger partial charge in [-0.15, -0.1) is 0 Å². The molecule has 1 fully saturated rings. The molecule has 0 aliphatic carbocycles. The molecule has 0 spiro atoms. The van der Waals surface area contributed by atoms with Gasteiger partial charge in [-0.25, -0.2) is 4.79 Å². The second-order valence-electron chi connectivity index (χ2n) is 38.8. The molecule has 1 aliphatic rings. The van der Waals surface area contributed by atoms with Crippen LogP contribution in [0.2, 0.25) is 0 Å². The van der Waals surface area contributed by atoms with E-state index in [2.05, 4.69) is 31.3 Å². The van der Waals surface area contributed by atoms with Gasteiger partial charge in [-0.3, -0.25) is 57.5 Å². The van der Waals surface area contributed by atoms with Crippen molar-refractivity contribution in [3.05, 3.63) is 10.4 Å². The number of carbonyl (C=O) groups excluding carboxylic acids is 13. The SMILES string of the molecule is CC(C)(C)OC(=O)CCC(CCC(=O)OC(C)(C)C)(CCC(=O)OC(C)(C)C)NC(=O)CCC(CCC(=O)NC(CCC(=O)OC(C)(C)C)(CCC(=O)OC(C)(C)C)CCC(=O)OC(C)(C)C)(CCC(=O)NC(CCC(=O)OC(C)(C)C)(CCC(=O)OC(C)(C)C)CCC(=O)OC(C)(C)C)NC(=O)N1CC(N=[N+]=[N-])[C@H](N)C1. The second kappa shape index (κ2) is 42.5. The van der Waals surface area contributed by atoms with Gasteiger partial charge in [0.25, 0.3) is 0 Å². The number of nitrogens with zero attached hydrogens (tertiary/aromatic N) is 4. The fraction of sp³-hybridized carbons (Fsp3) is 0.840. The summed E-state index contributed by atoms with van der Waals surface area (Å²) in [4.78, 5) is 190. The van der Waals surface area contributed by atoms with Crippen molar-refractivity contribution in [1.82, 2.24) is 26.2 Å². The van der Waals surface area contributed by atoms with Gasteiger partial charge in [-0.05, 0) is 270 Å². The summed E-state index contributed by atoms with van der Waals surface area (Å²) in [6, 6.07) is -2.65. The highest BCUT2D eigenvalue weighted by atomic mass is 16.6. The lowest BCUT2D eigenvalue weighted by Gasteiger charge is -2.40. The highest BCUT2D eigenvalue weighted by molar-refractivity contribution is 5.82. The summed E-state index contributed by atoms with van der Waals surface area (Å²) in [5.74, 6) is -8.35. The van der Waals surface area contributed by atoms with Crippen molar-refractivity contribution in [3.8, 4) is 0 Å². The Morgan fingerprint density at radius 2 is 0.455 bits per heavy atom. The summed E-state index contributed by atoms with van der Waals surface area (Å²) in [5, 5.41) is 16.1. The zero-order chi connectivity index (χ0) is 86.7. The fourth-order valence-electron chi connectivity index (χ4n) is 12.5. The summed E-state index contributed by atoms with van der Waals surface area (Å²) in [6.45, 7) is 44.8. The maximum atomic E-state index is 15.5. The normalized spacial score (nSPS) is 14.9. The van der Waals surface area contributed by atoms with E-state index < -0.39 is 201 Å². The molecule has 6 N–H and O–H groups in total. The number of amides is 5. The van der Waals surface area contributed by atoms with Gasteiger partial charge >= 0.3 is 59.8 Å². The van der Waals surface area contributed by atoms with Crippen LogP contribution >= 0.6 is 0 Å². The number of esters is 9. The van der Waals surface area contributed by atoms with Crippen LogP contribution < -0.4 is 27.0 Å². The number of ether oxygens (including phenoxy) is 9. The van der Waals surface area contributed by atoms with E-state index in [0.29, 0.717) is 0 Å². The van der Waals surface area contributed by atoms with Gasteiger partial charge < -0.3 is 74.5 Å². The maximum Gasteiger partial charge on any atom is 0.317 e. The van der Waals surface area contributed by atoms with E-state index in [4.69, 9.17) is 48.4 Å². The Balaban J connectivity index is 4.84. The predicted octanol–water partition coefficient (Wildman–Crippen LogP) is 12.8. The van der Waals surface area contributed by atoms with E-state index in [0.717, 1.165) is 0 Å². The van der Waals surface area contributed by atoms with Crippen LogP contribution in [-0.4, -0.2) is 180 Å². The average Bonchev–Trinajstić information content (AvgIpc) is 1.53. The van der Waals surface area contributed by atoms with Gasteiger partial charge in [-0.2, -0.15) is 0 Å². The highest BCUT2D eigenvalue weighted by Gasteiger charge is 2.44. The van der Waals surface area contributed by atoms with Crippen LogP contribution in [0, 0.1) is 0 Å². The molecule has 0 aromatic rings. The quantitative estimate of drug-likeness (QED) is 0.0125. The molecule has 0 aromatic carbocycles. The molecule has 0 aromatic heterocycles. The first-order valence-corrected chi connectivity index (χ1v) is 39.3. The lowest BCUT2D eigenvalue weighted by atomic mass is 9.80. The Hall–Kier alpha value is -7.82. The Morgan fingerprint density at radius 3 is 0.616 bits per heavy atom. The van der Waals surface area contributed by atoms with Crippen LogP contribution in [0.4, 0.5) is 4.79 Å². The fourth-order valence-corrected chi connectivity index (χ4v) is 12.5. The lowest BCUT2D eigenvalue weighted by Crippen LogP contribution is -2.56. The summed E-state index contributed by atoms with van der Waals surface area (Å²) in [7, 11) is 0. The Bertz CT molecular complexity index is 2710. The van der Waals surface area contributed by atoms with Gasteiger partial charge in [0, 0.05) is 123 Å². The first-order chi connectivity index (χ1) is 50.5. The Labute approximate surface area is 665 Å². The summed E-state index contributed by atoms with van der Waals surface area (Å²) in [5.41, 5.74) is 0.829. The topological polar surface area (TPSA) is 431 Å². The number of carbonyl (C=O) groups is 13. The number of nitrogens with one attached hydrogen (secondary N) is 4. The minimum Gasteiger partial charge on any atom is -0.460 e. The first kappa shape index (κ1) is 102.